The molecule has 0 spiro atoms. The molecule has 1 amide bonds. The number of amides is 1. The van der Waals surface area contributed by atoms with Gasteiger partial charge in [0.15, 0.2) is 0 Å². The standard InChI is InChI=1S/C12H18N2OS/c1-10(11-4-7-16-9-11)13-8-12(15)14-5-2-3-6-14/h4,7,9-10,13H,2-3,5-6,8H2,1H3. The molecule has 1 N–H and O–H groups in total. The van der Waals surface area contributed by atoms with Crippen LogP contribution in [0.4, 0.5) is 0 Å². The third-order valence-corrected chi connectivity index (χ3v) is 3.76. The number of likely N-dealkylation sites (tertiary alicyclic amines) is 1. The van der Waals surface area contributed by atoms with E-state index in [0.29, 0.717) is 6.54 Å². The molecule has 2 rings (SSSR count). The summed E-state index contributed by atoms with van der Waals surface area (Å²) in [6.45, 7) is 4.43. The summed E-state index contributed by atoms with van der Waals surface area (Å²) in [4.78, 5) is 13.7. The average Bonchev–Trinajstić information content (AvgIpc) is 2.95. The van der Waals surface area contributed by atoms with Gasteiger partial charge in [-0.25, -0.2) is 0 Å². The number of hydrogen-bond donors (Lipinski definition) is 1. The zero-order chi connectivity index (χ0) is 11.4. The molecule has 4 heteroatoms. The molecule has 0 radical (unpaired) electrons. The molecule has 1 fully saturated rings. The van der Waals surface area contributed by atoms with E-state index in [0.717, 1.165) is 25.9 Å². The van der Waals surface area contributed by atoms with Crippen LogP contribution in [0.2, 0.25) is 0 Å². The minimum atomic E-state index is 0.236. The zero-order valence-electron chi connectivity index (χ0n) is 9.61. The highest BCUT2D eigenvalue weighted by molar-refractivity contribution is 7.07. The molecule has 1 aromatic rings. The lowest BCUT2D eigenvalue weighted by Gasteiger charge is -2.18. The Morgan fingerprint density at radius 2 is 2.31 bits per heavy atom. The van der Waals surface area contributed by atoms with Gasteiger partial charge < -0.3 is 10.2 Å². The van der Waals surface area contributed by atoms with Crippen molar-refractivity contribution in [3.63, 3.8) is 0 Å². The number of carbonyl (C=O) groups is 1. The first-order valence-corrected chi connectivity index (χ1v) is 6.75. The van der Waals surface area contributed by atoms with E-state index in [1.165, 1.54) is 5.56 Å². The van der Waals surface area contributed by atoms with Crippen LogP contribution in [0.15, 0.2) is 16.8 Å². The van der Waals surface area contributed by atoms with Crippen LogP contribution in [0.1, 0.15) is 31.4 Å². The van der Waals surface area contributed by atoms with Gasteiger partial charge in [0.1, 0.15) is 0 Å². The molecule has 88 valence electrons. The second kappa shape index (κ2) is 5.46. The Morgan fingerprint density at radius 1 is 1.56 bits per heavy atom. The molecule has 1 aromatic heterocycles. The fourth-order valence-corrected chi connectivity index (χ4v) is 2.71. The van der Waals surface area contributed by atoms with Crippen LogP contribution in [-0.4, -0.2) is 30.4 Å². The molecule has 1 atom stereocenters. The first-order chi connectivity index (χ1) is 7.77. The van der Waals surface area contributed by atoms with Gasteiger partial charge in [-0.15, -0.1) is 0 Å². The first-order valence-electron chi connectivity index (χ1n) is 5.80. The smallest absolute Gasteiger partial charge is 0.236 e. The number of hydrogen-bond acceptors (Lipinski definition) is 3. The SMILES string of the molecule is CC(NCC(=O)N1CCCC1)c1ccsc1. The highest BCUT2D eigenvalue weighted by atomic mass is 32.1. The second-order valence-electron chi connectivity index (χ2n) is 4.25. The van der Waals surface area contributed by atoms with Crippen LogP contribution in [0.5, 0.6) is 0 Å². The molecule has 0 bridgehead atoms. The van der Waals surface area contributed by atoms with E-state index in [-0.39, 0.29) is 11.9 Å². The summed E-state index contributed by atoms with van der Waals surface area (Å²) in [6.07, 6.45) is 2.32. The second-order valence-corrected chi connectivity index (χ2v) is 5.03. The van der Waals surface area contributed by atoms with Crippen molar-refractivity contribution in [2.75, 3.05) is 19.6 Å². The highest BCUT2D eigenvalue weighted by Crippen LogP contribution is 2.15. The van der Waals surface area contributed by atoms with Gasteiger partial charge in [-0.3, -0.25) is 4.79 Å². The van der Waals surface area contributed by atoms with Gasteiger partial charge in [0.05, 0.1) is 6.54 Å². The van der Waals surface area contributed by atoms with Crippen molar-refractivity contribution in [3.05, 3.63) is 22.4 Å². The van der Waals surface area contributed by atoms with Gasteiger partial charge in [0.2, 0.25) is 5.91 Å². The summed E-state index contributed by atoms with van der Waals surface area (Å²) in [6, 6.07) is 2.36. The molecule has 1 aliphatic rings. The van der Waals surface area contributed by atoms with E-state index in [4.69, 9.17) is 0 Å². The molecule has 3 nitrogen and oxygen atoms in total. The number of rotatable bonds is 4. The van der Waals surface area contributed by atoms with Gasteiger partial charge in [-0.1, -0.05) is 0 Å². The minimum Gasteiger partial charge on any atom is -0.342 e. The van der Waals surface area contributed by atoms with E-state index in [1.807, 2.05) is 4.90 Å². The lowest BCUT2D eigenvalue weighted by Crippen LogP contribution is -2.37. The van der Waals surface area contributed by atoms with Crippen LogP contribution >= 0.6 is 11.3 Å². The molecular weight excluding hydrogens is 220 g/mol. The van der Waals surface area contributed by atoms with Crippen LogP contribution < -0.4 is 5.32 Å². The third-order valence-electron chi connectivity index (χ3n) is 3.06. The summed E-state index contributed by atoms with van der Waals surface area (Å²) in [5, 5.41) is 7.47. The highest BCUT2D eigenvalue weighted by Gasteiger charge is 2.18. The van der Waals surface area contributed by atoms with Crippen molar-refractivity contribution < 1.29 is 4.79 Å². The molecule has 1 aliphatic heterocycles. The van der Waals surface area contributed by atoms with Gasteiger partial charge in [0, 0.05) is 19.1 Å². The summed E-state index contributed by atoms with van der Waals surface area (Å²) in [5.41, 5.74) is 1.26. The predicted molar refractivity (Wildman–Crippen MR) is 66.6 cm³/mol. The lowest BCUT2D eigenvalue weighted by atomic mass is 10.2. The number of carbonyl (C=O) groups excluding carboxylic acids is 1. The van der Waals surface area contributed by atoms with Crippen molar-refractivity contribution in [1.29, 1.82) is 0 Å². The number of nitrogens with zero attached hydrogens (tertiary/aromatic N) is 1. The Kier molecular flexibility index (Phi) is 3.96. The summed E-state index contributed by atoms with van der Waals surface area (Å²) in [5.74, 6) is 0.236. The maximum atomic E-state index is 11.8. The molecule has 0 aliphatic carbocycles. The Balaban J connectivity index is 1.76. The van der Waals surface area contributed by atoms with Crippen molar-refractivity contribution in [3.8, 4) is 0 Å². The van der Waals surface area contributed by atoms with Crippen LogP contribution in [0.3, 0.4) is 0 Å². The molecule has 16 heavy (non-hydrogen) atoms. The monoisotopic (exact) mass is 238 g/mol. The van der Waals surface area contributed by atoms with E-state index in [9.17, 15) is 4.79 Å². The Hall–Kier alpha value is -0.870. The van der Waals surface area contributed by atoms with E-state index < -0.39 is 0 Å². The third kappa shape index (κ3) is 2.83. The van der Waals surface area contributed by atoms with E-state index >= 15 is 0 Å². The van der Waals surface area contributed by atoms with Gasteiger partial charge in [-0.05, 0) is 42.2 Å². The molecule has 1 saturated heterocycles. The Labute approximate surface area is 100 Å². The normalized spacial score (nSPS) is 17.7. The van der Waals surface area contributed by atoms with Gasteiger partial charge >= 0.3 is 0 Å². The maximum absolute atomic E-state index is 11.8. The Morgan fingerprint density at radius 3 is 2.94 bits per heavy atom. The lowest BCUT2D eigenvalue weighted by molar-refractivity contribution is -0.129. The summed E-state index contributed by atoms with van der Waals surface area (Å²) < 4.78 is 0. The molecule has 0 saturated carbocycles. The minimum absolute atomic E-state index is 0.236. The Bertz CT molecular complexity index is 331. The van der Waals surface area contributed by atoms with Crippen molar-refractivity contribution in [1.82, 2.24) is 10.2 Å². The first kappa shape index (κ1) is 11.6. The molecule has 2 heterocycles. The van der Waals surface area contributed by atoms with Gasteiger partial charge in [-0.2, -0.15) is 11.3 Å². The maximum Gasteiger partial charge on any atom is 0.236 e. The van der Waals surface area contributed by atoms with Crippen LogP contribution in [-0.2, 0) is 4.79 Å². The van der Waals surface area contributed by atoms with Crippen molar-refractivity contribution in [2.24, 2.45) is 0 Å². The summed E-state index contributed by atoms with van der Waals surface area (Å²) >= 11 is 1.69. The zero-order valence-corrected chi connectivity index (χ0v) is 10.4. The van der Waals surface area contributed by atoms with Gasteiger partial charge in [0.25, 0.3) is 0 Å². The summed E-state index contributed by atoms with van der Waals surface area (Å²) in [7, 11) is 0. The van der Waals surface area contributed by atoms with Crippen LogP contribution in [0, 0.1) is 0 Å². The number of thiophene rings is 1. The molecule has 0 aromatic carbocycles. The molecular formula is C12H18N2OS. The van der Waals surface area contributed by atoms with Crippen LogP contribution in [0.25, 0.3) is 0 Å². The largest absolute Gasteiger partial charge is 0.342 e. The topological polar surface area (TPSA) is 32.3 Å². The average molecular weight is 238 g/mol. The van der Waals surface area contributed by atoms with Crippen molar-refractivity contribution >= 4 is 17.2 Å². The van der Waals surface area contributed by atoms with E-state index in [2.05, 4.69) is 29.1 Å². The number of nitrogens with one attached hydrogen (secondary N) is 1. The predicted octanol–water partition coefficient (Wildman–Crippen LogP) is 2.02. The quantitative estimate of drug-likeness (QED) is 0.870. The fourth-order valence-electron chi connectivity index (χ4n) is 1.96. The molecule has 1 unspecified atom stereocenters. The van der Waals surface area contributed by atoms with Crippen molar-refractivity contribution in [2.45, 2.75) is 25.8 Å². The fraction of sp³-hybridized carbons (Fsp3) is 0.583. The van der Waals surface area contributed by atoms with E-state index in [1.54, 1.807) is 11.3 Å².